The first-order valence-corrected chi connectivity index (χ1v) is 7.45. The van der Waals surface area contributed by atoms with E-state index in [1.165, 1.54) is 19.4 Å². The highest BCUT2D eigenvalue weighted by atomic mass is 16.3. The van der Waals surface area contributed by atoms with Gasteiger partial charge in [-0.1, -0.05) is 0 Å². The summed E-state index contributed by atoms with van der Waals surface area (Å²) >= 11 is 0. The minimum absolute atomic E-state index is 0.0913. The highest BCUT2D eigenvalue weighted by molar-refractivity contribution is 5.95. The number of phenols is 1. The first-order chi connectivity index (χ1) is 9.63. The molecular weight excluding hydrogens is 252 g/mol. The van der Waals surface area contributed by atoms with Crippen molar-refractivity contribution in [3.05, 3.63) is 29.3 Å². The van der Waals surface area contributed by atoms with E-state index in [2.05, 4.69) is 4.90 Å². The highest BCUT2D eigenvalue weighted by Crippen LogP contribution is 2.30. The van der Waals surface area contributed by atoms with Crippen LogP contribution in [-0.4, -0.2) is 53.5 Å². The summed E-state index contributed by atoms with van der Waals surface area (Å²) in [7, 11) is 0. The fourth-order valence-corrected chi connectivity index (χ4v) is 2.86. The van der Waals surface area contributed by atoms with Crippen molar-refractivity contribution in [2.24, 2.45) is 5.92 Å². The lowest BCUT2D eigenvalue weighted by Crippen LogP contribution is -2.49. The third kappa shape index (κ3) is 2.96. The van der Waals surface area contributed by atoms with Crippen LogP contribution in [0.1, 0.15) is 28.8 Å². The zero-order valence-corrected chi connectivity index (χ0v) is 12.0. The normalized spacial score (nSPS) is 20.1. The molecule has 4 nitrogen and oxygen atoms in total. The molecule has 4 heteroatoms. The number of benzene rings is 1. The second-order valence-corrected chi connectivity index (χ2v) is 6.04. The zero-order valence-electron chi connectivity index (χ0n) is 12.0. The van der Waals surface area contributed by atoms with Crippen molar-refractivity contribution in [1.82, 2.24) is 9.80 Å². The van der Waals surface area contributed by atoms with Crippen LogP contribution in [0.4, 0.5) is 0 Å². The number of carbonyl (C=O) groups excluding carboxylic acids is 1. The van der Waals surface area contributed by atoms with Crippen LogP contribution >= 0.6 is 0 Å². The minimum atomic E-state index is 0.0913. The number of aryl methyl sites for hydroxylation is 1. The van der Waals surface area contributed by atoms with Crippen LogP contribution < -0.4 is 0 Å². The van der Waals surface area contributed by atoms with Gasteiger partial charge in [-0.05, 0) is 49.4 Å². The van der Waals surface area contributed by atoms with Crippen LogP contribution in [-0.2, 0) is 0 Å². The van der Waals surface area contributed by atoms with Crippen molar-refractivity contribution in [2.75, 3.05) is 32.7 Å². The number of hydrogen-bond acceptors (Lipinski definition) is 3. The van der Waals surface area contributed by atoms with Gasteiger partial charge in [0.25, 0.3) is 5.91 Å². The highest BCUT2D eigenvalue weighted by Gasteiger charge is 2.28. The zero-order chi connectivity index (χ0) is 14.1. The van der Waals surface area contributed by atoms with Gasteiger partial charge in [-0.3, -0.25) is 9.69 Å². The largest absolute Gasteiger partial charge is 0.508 e. The Balaban J connectivity index is 1.60. The average molecular weight is 274 g/mol. The molecule has 1 N–H and O–H groups in total. The Hall–Kier alpha value is -1.55. The van der Waals surface area contributed by atoms with E-state index in [0.717, 1.165) is 37.7 Å². The summed E-state index contributed by atoms with van der Waals surface area (Å²) < 4.78 is 0. The summed E-state index contributed by atoms with van der Waals surface area (Å²) in [6.45, 7) is 6.67. The lowest BCUT2D eigenvalue weighted by molar-refractivity contribution is 0.0631. The Morgan fingerprint density at radius 2 is 1.95 bits per heavy atom. The van der Waals surface area contributed by atoms with E-state index >= 15 is 0 Å². The van der Waals surface area contributed by atoms with E-state index in [1.54, 1.807) is 18.2 Å². The summed E-state index contributed by atoms with van der Waals surface area (Å²) in [6.07, 6.45) is 2.76. The smallest absolute Gasteiger partial charge is 0.254 e. The topological polar surface area (TPSA) is 43.8 Å². The standard InChI is InChI=1S/C16H22N2O2/c1-12-10-14(19)4-5-15(12)16(20)18-8-6-17(7-9-18)11-13-2-3-13/h4-5,10,13,19H,2-3,6-9,11H2,1H3. The molecule has 20 heavy (non-hydrogen) atoms. The van der Waals surface area contributed by atoms with Gasteiger partial charge in [-0.25, -0.2) is 0 Å². The van der Waals surface area contributed by atoms with Gasteiger partial charge in [-0.2, -0.15) is 0 Å². The fourth-order valence-electron chi connectivity index (χ4n) is 2.86. The van der Waals surface area contributed by atoms with Crippen LogP contribution in [0.3, 0.4) is 0 Å². The molecule has 1 heterocycles. The SMILES string of the molecule is Cc1cc(O)ccc1C(=O)N1CCN(CC2CC2)CC1. The number of nitrogens with zero attached hydrogens (tertiary/aromatic N) is 2. The van der Waals surface area contributed by atoms with Crippen molar-refractivity contribution in [3.8, 4) is 5.75 Å². The molecule has 0 radical (unpaired) electrons. The van der Waals surface area contributed by atoms with Gasteiger partial charge in [0, 0.05) is 38.3 Å². The number of carbonyl (C=O) groups is 1. The third-order valence-electron chi connectivity index (χ3n) is 4.31. The first-order valence-electron chi connectivity index (χ1n) is 7.45. The summed E-state index contributed by atoms with van der Waals surface area (Å²) in [6, 6.07) is 4.96. The summed E-state index contributed by atoms with van der Waals surface area (Å²) in [5.74, 6) is 1.22. The molecule has 1 saturated carbocycles. The van der Waals surface area contributed by atoms with Crippen molar-refractivity contribution in [1.29, 1.82) is 0 Å². The Morgan fingerprint density at radius 3 is 2.55 bits per heavy atom. The number of piperazine rings is 1. The van der Waals surface area contributed by atoms with Crippen LogP contribution in [0.15, 0.2) is 18.2 Å². The predicted octanol–water partition coefficient (Wildman–Crippen LogP) is 1.87. The van der Waals surface area contributed by atoms with E-state index in [-0.39, 0.29) is 11.7 Å². The minimum Gasteiger partial charge on any atom is -0.508 e. The Morgan fingerprint density at radius 1 is 1.25 bits per heavy atom. The Bertz CT molecular complexity index is 503. The maximum Gasteiger partial charge on any atom is 0.254 e. The second kappa shape index (κ2) is 5.44. The number of aromatic hydroxyl groups is 1. The van der Waals surface area contributed by atoms with Gasteiger partial charge in [0.1, 0.15) is 5.75 Å². The monoisotopic (exact) mass is 274 g/mol. The molecule has 0 spiro atoms. The summed E-state index contributed by atoms with van der Waals surface area (Å²) in [4.78, 5) is 16.9. The van der Waals surface area contributed by atoms with Gasteiger partial charge in [0.2, 0.25) is 0 Å². The van der Waals surface area contributed by atoms with Crippen LogP contribution in [0.25, 0.3) is 0 Å². The molecule has 0 aromatic heterocycles. The maximum atomic E-state index is 12.5. The van der Waals surface area contributed by atoms with Gasteiger partial charge < -0.3 is 10.0 Å². The van der Waals surface area contributed by atoms with Crippen molar-refractivity contribution in [3.63, 3.8) is 0 Å². The van der Waals surface area contributed by atoms with Crippen LogP contribution in [0, 0.1) is 12.8 Å². The molecule has 0 unspecified atom stereocenters. The first kappa shape index (κ1) is 13.4. The van der Waals surface area contributed by atoms with Gasteiger partial charge in [0.05, 0.1) is 0 Å². The molecule has 1 saturated heterocycles. The number of rotatable bonds is 3. The molecule has 1 aliphatic carbocycles. The fraction of sp³-hybridized carbons (Fsp3) is 0.562. The van der Waals surface area contributed by atoms with Gasteiger partial charge in [-0.15, -0.1) is 0 Å². The van der Waals surface area contributed by atoms with E-state index in [4.69, 9.17) is 0 Å². The van der Waals surface area contributed by atoms with E-state index in [9.17, 15) is 9.90 Å². The molecule has 1 aromatic rings. The lowest BCUT2D eigenvalue weighted by atomic mass is 10.1. The molecular formula is C16H22N2O2. The lowest BCUT2D eigenvalue weighted by Gasteiger charge is -2.35. The maximum absolute atomic E-state index is 12.5. The summed E-state index contributed by atoms with van der Waals surface area (Å²) in [5, 5.41) is 9.42. The summed E-state index contributed by atoms with van der Waals surface area (Å²) in [5.41, 5.74) is 1.55. The molecule has 0 bridgehead atoms. The number of phenolic OH excluding ortho intramolecular Hbond substituents is 1. The molecule has 0 atom stereocenters. The van der Waals surface area contributed by atoms with Crippen molar-refractivity contribution in [2.45, 2.75) is 19.8 Å². The molecule has 1 aliphatic heterocycles. The Labute approximate surface area is 120 Å². The molecule has 2 aliphatic rings. The molecule has 3 rings (SSSR count). The number of amides is 1. The van der Waals surface area contributed by atoms with E-state index < -0.39 is 0 Å². The van der Waals surface area contributed by atoms with Crippen LogP contribution in [0.2, 0.25) is 0 Å². The van der Waals surface area contributed by atoms with Gasteiger partial charge in [0.15, 0.2) is 0 Å². The predicted molar refractivity (Wildman–Crippen MR) is 77.9 cm³/mol. The number of hydrogen-bond donors (Lipinski definition) is 1. The van der Waals surface area contributed by atoms with Crippen LogP contribution in [0.5, 0.6) is 5.75 Å². The Kier molecular flexibility index (Phi) is 3.66. The quantitative estimate of drug-likeness (QED) is 0.915. The average Bonchev–Trinajstić information content (AvgIpc) is 3.23. The molecule has 1 aromatic carbocycles. The second-order valence-electron chi connectivity index (χ2n) is 6.04. The molecule has 1 amide bonds. The molecule has 108 valence electrons. The van der Waals surface area contributed by atoms with E-state index in [1.807, 2.05) is 11.8 Å². The van der Waals surface area contributed by atoms with Gasteiger partial charge >= 0.3 is 0 Å². The van der Waals surface area contributed by atoms with E-state index in [0.29, 0.717) is 5.56 Å². The molecule has 2 fully saturated rings. The van der Waals surface area contributed by atoms with Crippen molar-refractivity contribution < 1.29 is 9.90 Å². The third-order valence-corrected chi connectivity index (χ3v) is 4.31. The van der Waals surface area contributed by atoms with Crippen molar-refractivity contribution >= 4 is 5.91 Å².